The monoisotopic (exact) mass is 336 g/mol. The van der Waals surface area contributed by atoms with Gasteiger partial charge in [0.2, 0.25) is 10.0 Å². The van der Waals surface area contributed by atoms with Gasteiger partial charge >= 0.3 is 0 Å². The number of likely N-dealkylation sites (tertiary alicyclic amines) is 1. The minimum atomic E-state index is -3.10. The summed E-state index contributed by atoms with van der Waals surface area (Å²) in [7, 11) is -3.10. The number of sulfonamides is 1. The van der Waals surface area contributed by atoms with Crippen LogP contribution < -0.4 is 4.72 Å². The summed E-state index contributed by atoms with van der Waals surface area (Å²) in [6.07, 6.45) is 5.69. The van der Waals surface area contributed by atoms with E-state index in [-0.39, 0.29) is 0 Å². The van der Waals surface area contributed by atoms with Gasteiger partial charge in [-0.25, -0.2) is 13.1 Å². The van der Waals surface area contributed by atoms with Crippen LogP contribution in [-0.4, -0.2) is 45.2 Å². The predicted molar refractivity (Wildman–Crippen MR) is 94.0 cm³/mol. The second kappa shape index (κ2) is 7.77. The van der Waals surface area contributed by atoms with Crippen LogP contribution in [-0.2, 0) is 10.0 Å². The molecular weight excluding hydrogens is 308 g/mol. The SMILES string of the molecule is O=S(=O)(CC1CCCC1)NCCN1CC[C@@H](c2ccccc2)C1. The Hall–Kier alpha value is -0.910. The second-order valence-corrected chi connectivity index (χ2v) is 8.87. The Bertz CT molecular complexity index is 582. The molecule has 1 saturated heterocycles. The Morgan fingerprint density at radius 1 is 1.09 bits per heavy atom. The Labute approximate surface area is 140 Å². The topological polar surface area (TPSA) is 49.4 Å². The summed E-state index contributed by atoms with van der Waals surface area (Å²) in [5, 5.41) is 0. The Kier molecular flexibility index (Phi) is 5.72. The third-order valence-electron chi connectivity index (χ3n) is 5.22. The maximum absolute atomic E-state index is 12.1. The molecule has 1 atom stereocenters. The minimum absolute atomic E-state index is 0.319. The smallest absolute Gasteiger partial charge is 0.211 e. The summed E-state index contributed by atoms with van der Waals surface area (Å²) in [4.78, 5) is 2.37. The fourth-order valence-electron chi connectivity index (χ4n) is 3.94. The Morgan fingerprint density at radius 2 is 1.83 bits per heavy atom. The van der Waals surface area contributed by atoms with Gasteiger partial charge in [-0.3, -0.25) is 0 Å². The normalized spacial score (nSPS) is 23.6. The van der Waals surface area contributed by atoms with Gasteiger partial charge in [-0.2, -0.15) is 0 Å². The first kappa shape index (κ1) is 16.9. The summed E-state index contributed by atoms with van der Waals surface area (Å²) in [6.45, 7) is 3.45. The number of hydrogen-bond donors (Lipinski definition) is 1. The van der Waals surface area contributed by atoms with Gasteiger partial charge in [0, 0.05) is 19.6 Å². The number of nitrogens with one attached hydrogen (secondary N) is 1. The Balaban J connectivity index is 1.39. The van der Waals surface area contributed by atoms with E-state index in [0.29, 0.717) is 24.1 Å². The number of hydrogen-bond acceptors (Lipinski definition) is 3. The first-order valence-electron chi connectivity index (χ1n) is 8.87. The lowest BCUT2D eigenvalue weighted by molar-refractivity contribution is 0.339. The highest BCUT2D eigenvalue weighted by atomic mass is 32.2. The lowest BCUT2D eigenvalue weighted by atomic mass is 9.99. The van der Waals surface area contributed by atoms with Crippen molar-refractivity contribution in [3.8, 4) is 0 Å². The molecule has 1 aliphatic carbocycles. The summed E-state index contributed by atoms with van der Waals surface area (Å²) < 4.78 is 27.0. The third-order valence-corrected chi connectivity index (χ3v) is 6.78. The van der Waals surface area contributed by atoms with E-state index in [9.17, 15) is 8.42 Å². The average molecular weight is 337 g/mol. The number of nitrogens with zero attached hydrogens (tertiary/aromatic N) is 1. The highest BCUT2D eigenvalue weighted by molar-refractivity contribution is 7.89. The molecule has 4 nitrogen and oxygen atoms in total. The zero-order valence-corrected chi connectivity index (χ0v) is 14.6. The van der Waals surface area contributed by atoms with Crippen LogP contribution in [0.5, 0.6) is 0 Å². The summed E-state index contributed by atoms with van der Waals surface area (Å²) in [5.41, 5.74) is 1.40. The predicted octanol–water partition coefficient (Wildman–Crippen LogP) is 2.59. The second-order valence-electron chi connectivity index (χ2n) is 7.02. The van der Waals surface area contributed by atoms with Gasteiger partial charge < -0.3 is 4.90 Å². The van der Waals surface area contributed by atoms with Gasteiger partial charge in [-0.15, -0.1) is 0 Å². The molecule has 0 amide bonds. The molecule has 2 aliphatic rings. The molecule has 2 fully saturated rings. The van der Waals surface area contributed by atoms with Crippen LogP contribution in [0.4, 0.5) is 0 Å². The van der Waals surface area contributed by atoms with Gasteiger partial charge in [0.15, 0.2) is 0 Å². The molecular formula is C18H28N2O2S. The number of benzene rings is 1. The molecule has 5 heteroatoms. The van der Waals surface area contributed by atoms with Crippen LogP contribution in [0.3, 0.4) is 0 Å². The van der Waals surface area contributed by atoms with Crippen LogP contribution in [0.15, 0.2) is 30.3 Å². The van der Waals surface area contributed by atoms with Crippen LogP contribution in [0.25, 0.3) is 0 Å². The molecule has 128 valence electrons. The van der Waals surface area contributed by atoms with Crippen molar-refractivity contribution in [3.63, 3.8) is 0 Å². The fourth-order valence-corrected chi connectivity index (χ4v) is 5.41. The maximum Gasteiger partial charge on any atom is 0.211 e. The van der Waals surface area contributed by atoms with E-state index in [4.69, 9.17) is 0 Å². The van der Waals surface area contributed by atoms with Crippen molar-refractivity contribution in [2.24, 2.45) is 5.92 Å². The van der Waals surface area contributed by atoms with Crippen LogP contribution in [0.2, 0.25) is 0 Å². The molecule has 0 aromatic heterocycles. The van der Waals surface area contributed by atoms with Crippen LogP contribution in [0, 0.1) is 5.92 Å². The van der Waals surface area contributed by atoms with Crippen LogP contribution in [0.1, 0.15) is 43.6 Å². The first-order chi connectivity index (χ1) is 11.1. The van der Waals surface area contributed by atoms with E-state index in [0.717, 1.165) is 32.5 Å². The van der Waals surface area contributed by atoms with Gasteiger partial charge in [-0.05, 0) is 43.2 Å². The molecule has 0 unspecified atom stereocenters. The number of rotatable bonds is 7. The molecule has 23 heavy (non-hydrogen) atoms. The van der Waals surface area contributed by atoms with E-state index < -0.39 is 10.0 Å². The van der Waals surface area contributed by atoms with Gasteiger partial charge in [-0.1, -0.05) is 43.2 Å². The molecule has 1 aromatic carbocycles. The minimum Gasteiger partial charge on any atom is -0.301 e. The quantitative estimate of drug-likeness (QED) is 0.832. The summed E-state index contributed by atoms with van der Waals surface area (Å²) >= 11 is 0. The lowest BCUT2D eigenvalue weighted by Gasteiger charge is -2.17. The standard InChI is InChI=1S/C18H28N2O2S/c21-23(22,15-16-6-4-5-7-16)19-11-13-20-12-10-18(14-20)17-8-2-1-3-9-17/h1-3,8-9,16,18-19H,4-7,10-15H2/t18-/m1/s1. The largest absolute Gasteiger partial charge is 0.301 e. The molecule has 0 bridgehead atoms. The maximum atomic E-state index is 12.1. The molecule has 0 radical (unpaired) electrons. The van der Waals surface area contributed by atoms with Crippen molar-refractivity contribution >= 4 is 10.0 Å². The highest BCUT2D eigenvalue weighted by Crippen LogP contribution is 2.27. The van der Waals surface area contributed by atoms with Crippen molar-refractivity contribution in [1.29, 1.82) is 0 Å². The third kappa shape index (κ3) is 5.03. The van der Waals surface area contributed by atoms with Crippen molar-refractivity contribution in [1.82, 2.24) is 9.62 Å². The van der Waals surface area contributed by atoms with E-state index in [1.165, 1.54) is 24.8 Å². The van der Waals surface area contributed by atoms with Gasteiger partial charge in [0.25, 0.3) is 0 Å². The fraction of sp³-hybridized carbons (Fsp3) is 0.667. The molecule has 1 aromatic rings. The van der Waals surface area contributed by atoms with Crippen LogP contribution >= 0.6 is 0 Å². The van der Waals surface area contributed by atoms with Crippen molar-refractivity contribution in [2.45, 2.75) is 38.0 Å². The van der Waals surface area contributed by atoms with E-state index >= 15 is 0 Å². The molecule has 1 heterocycles. The van der Waals surface area contributed by atoms with E-state index in [1.807, 2.05) is 0 Å². The van der Waals surface area contributed by atoms with Gasteiger partial charge in [0.1, 0.15) is 0 Å². The molecule has 0 spiro atoms. The summed E-state index contributed by atoms with van der Waals surface area (Å²) in [5.74, 6) is 1.28. The van der Waals surface area contributed by atoms with Crippen molar-refractivity contribution < 1.29 is 8.42 Å². The van der Waals surface area contributed by atoms with Gasteiger partial charge in [0.05, 0.1) is 5.75 Å². The van der Waals surface area contributed by atoms with E-state index in [1.54, 1.807) is 0 Å². The molecule has 1 N–H and O–H groups in total. The highest BCUT2D eigenvalue weighted by Gasteiger charge is 2.25. The lowest BCUT2D eigenvalue weighted by Crippen LogP contribution is -2.36. The van der Waals surface area contributed by atoms with E-state index in [2.05, 4.69) is 40.0 Å². The molecule has 3 rings (SSSR count). The first-order valence-corrected chi connectivity index (χ1v) is 10.5. The Morgan fingerprint density at radius 3 is 2.57 bits per heavy atom. The molecule has 1 saturated carbocycles. The molecule has 1 aliphatic heterocycles. The average Bonchev–Trinajstić information content (AvgIpc) is 3.19. The summed E-state index contributed by atoms with van der Waals surface area (Å²) in [6, 6.07) is 10.6. The zero-order valence-electron chi connectivity index (χ0n) is 13.8. The zero-order chi connectivity index (χ0) is 16.1. The van der Waals surface area contributed by atoms with Crippen molar-refractivity contribution in [2.75, 3.05) is 31.9 Å². The van der Waals surface area contributed by atoms with Crippen molar-refractivity contribution in [3.05, 3.63) is 35.9 Å².